The predicted molar refractivity (Wildman–Crippen MR) is 71.3 cm³/mol. The van der Waals surface area contributed by atoms with Crippen molar-refractivity contribution in [2.24, 2.45) is 0 Å². The number of benzene rings is 1. The summed E-state index contributed by atoms with van der Waals surface area (Å²) in [6.07, 6.45) is 0. The third-order valence-electron chi connectivity index (χ3n) is 3.29. The van der Waals surface area contributed by atoms with E-state index in [0.29, 0.717) is 0 Å². The molecular formula is C14H23KOSi. The summed E-state index contributed by atoms with van der Waals surface area (Å²) < 4.78 is 0. The summed E-state index contributed by atoms with van der Waals surface area (Å²) >= 11 is 0. The topological polar surface area (TPSA) is 23.1 Å². The molecule has 0 N–H and O–H groups in total. The average Bonchev–Trinajstić information content (AvgIpc) is 2.14. The minimum absolute atomic E-state index is 0. The fraction of sp³-hybridized carbons (Fsp3) is 0.571. The normalized spacial score (nSPS) is 13.1. The molecule has 0 saturated heterocycles. The van der Waals surface area contributed by atoms with Gasteiger partial charge >= 0.3 is 51.4 Å². The van der Waals surface area contributed by atoms with E-state index < -0.39 is 8.32 Å². The van der Waals surface area contributed by atoms with Crippen LogP contribution in [0, 0.1) is 0 Å². The Bertz CT molecular complexity index is 335. The first-order chi connectivity index (χ1) is 7.11. The minimum atomic E-state index is -2.78. The third kappa shape index (κ3) is 3.53. The van der Waals surface area contributed by atoms with E-state index in [4.69, 9.17) is 0 Å². The van der Waals surface area contributed by atoms with Crippen LogP contribution in [0.15, 0.2) is 30.3 Å². The van der Waals surface area contributed by atoms with Crippen molar-refractivity contribution in [1.29, 1.82) is 0 Å². The standard InChI is InChI=1S/C14H23OSi.K/c1-13(2,3)16(15,14(4,5)6)12-10-8-7-9-11-12;/h7-11H,1-6H3;/q-1;+1. The van der Waals surface area contributed by atoms with Crippen molar-refractivity contribution in [2.75, 3.05) is 0 Å². The Kier molecular flexibility index (Phi) is 6.36. The Morgan fingerprint density at radius 3 is 1.47 bits per heavy atom. The number of rotatable bonds is 1. The van der Waals surface area contributed by atoms with E-state index in [-0.39, 0.29) is 61.5 Å². The van der Waals surface area contributed by atoms with E-state index in [9.17, 15) is 4.80 Å². The monoisotopic (exact) mass is 274 g/mol. The molecule has 3 heteroatoms. The molecule has 0 spiro atoms. The van der Waals surface area contributed by atoms with Crippen LogP contribution < -0.4 is 61.4 Å². The Morgan fingerprint density at radius 1 is 0.824 bits per heavy atom. The Hall–Kier alpha value is 1.03. The average molecular weight is 275 g/mol. The van der Waals surface area contributed by atoms with Crippen molar-refractivity contribution in [1.82, 2.24) is 0 Å². The van der Waals surface area contributed by atoms with Crippen molar-refractivity contribution in [3.8, 4) is 0 Å². The fourth-order valence-corrected chi connectivity index (χ4v) is 7.31. The molecule has 0 aromatic heterocycles. The Labute approximate surface area is 150 Å². The fourth-order valence-electron chi connectivity index (χ4n) is 2.66. The summed E-state index contributed by atoms with van der Waals surface area (Å²) in [4.78, 5) is 13.5. The van der Waals surface area contributed by atoms with Crippen LogP contribution in [0.3, 0.4) is 0 Å². The molecule has 1 rings (SSSR count). The maximum absolute atomic E-state index is 13.5. The summed E-state index contributed by atoms with van der Waals surface area (Å²) in [7, 11) is -2.78. The number of hydrogen-bond donors (Lipinski definition) is 0. The van der Waals surface area contributed by atoms with E-state index in [1.807, 2.05) is 30.3 Å². The summed E-state index contributed by atoms with van der Waals surface area (Å²) in [6, 6.07) is 9.95. The van der Waals surface area contributed by atoms with Gasteiger partial charge < -0.3 is 4.80 Å². The maximum Gasteiger partial charge on any atom is 1.00 e. The van der Waals surface area contributed by atoms with Crippen LogP contribution >= 0.6 is 0 Å². The summed E-state index contributed by atoms with van der Waals surface area (Å²) in [5.41, 5.74) is 0. The van der Waals surface area contributed by atoms with Gasteiger partial charge in [0.25, 0.3) is 0 Å². The SMILES string of the molecule is CC(C)(C)[Si]([O-])(c1ccccc1)C(C)(C)C.[K+]. The van der Waals surface area contributed by atoms with Gasteiger partial charge in [-0.15, -0.1) is 0 Å². The minimum Gasteiger partial charge on any atom is -0.854 e. The van der Waals surface area contributed by atoms with Gasteiger partial charge in [-0.3, -0.25) is 0 Å². The van der Waals surface area contributed by atoms with Crippen molar-refractivity contribution in [3.63, 3.8) is 0 Å². The van der Waals surface area contributed by atoms with Gasteiger partial charge in [-0.05, 0) is 0 Å². The molecule has 1 aromatic rings. The Morgan fingerprint density at radius 2 is 1.18 bits per heavy atom. The molecule has 0 aliphatic heterocycles. The molecular weight excluding hydrogens is 251 g/mol. The molecule has 0 heterocycles. The second-order valence-electron chi connectivity index (χ2n) is 6.55. The zero-order valence-electron chi connectivity index (χ0n) is 12.3. The molecule has 1 aromatic carbocycles. The van der Waals surface area contributed by atoms with E-state index in [1.165, 1.54) is 0 Å². The van der Waals surface area contributed by atoms with Crippen LogP contribution in [0.1, 0.15) is 41.5 Å². The maximum atomic E-state index is 13.5. The summed E-state index contributed by atoms with van der Waals surface area (Å²) in [5.74, 6) is 0. The zero-order chi connectivity index (χ0) is 12.6. The third-order valence-corrected chi connectivity index (χ3v) is 8.66. The van der Waals surface area contributed by atoms with Gasteiger partial charge in [0.05, 0.1) is 0 Å². The van der Waals surface area contributed by atoms with Gasteiger partial charge in [-0.25, -0.2) is 0 Å². The first-order valence-electron chi connectivity index (χ1n) is 5.86. The molecule has 90 valence electrons. The summed E-state index contributed by atoms with van der Waals surface area (Å²) in [6.45, 7) is 12.5. The molecule has 1 nitrogen and oxygen atoms in total. The van der Waals surface area contributed by atoms with Crippen molar-refractivity contribution in [2.45, 2.75) is 51.6 Å². The van der Waals surface area contributed by atoms with Crippen LogP contribution in [0.4, 0.5) is 0 Å². The molecule has 17 heavy (non-hydrogen) atoms. The van der Waals surface area contributed by atoms with E-state index in [2.05, 4.69) is 41.5 Å². The van der Waals surface area contributed by atoms with Gasteiger partial charge in [0.2, 0.25) is 0 Å². The second-order valence-corrected chi connectivity index (χ2v) is 11.5. The van der Waals surface area contributed by atoms with E-state index in [1.54, 1.807) is 0 Å². The van der Waals surface area contributed by atoms with Gasteiger partial charge in [-0.1, -0.05) is 87.1 Å². The molecule has 0 atom stereocenters. The zero-order valence-corrected chi connectivity index (χ0v) is 16.4. The molecule has 0 saturated carbocycles. The van der Waals surface area contributed by atoms with Gasteiger partial charge in [0.1, 0.15) is 0 Å². The van der Waals surface area contributed by atoms with Gasteiger partial charge in [-0.2, -0.15) is 0 Å². The first kappa shape index (κ1) is 18.0. The molecule has 0 fully saturated rings. The summed E-state index contributed by atoms with van der Waals surface area (Å²) in [5, 5.41) is 0.675. The molecule has 0 aliphatic carbocycles. The molecule has 0 unspecified atom stereocenters. The van der Waals surface area contributed by atoms with Crippen LogP contribution in [-0.2, 0) is 0 Å². The first-order valence-corrected chi connectivity index (χ1v) is 7.77. The van der Waals surface area contributed by atoms with E-state index >= 15 is 0 Å². The molecule has 0 radical (unpaired) electrons. The van der Waals surface area contributed by atoms with E-state index in [0.717, 1.165) is 5.19 Å². The second kappa shape index (κ2) is 5.99. The molecule has 0 aliphatic rings. The number of hydrogen-bond acceptors (Lipinski definition) is 1. The smallest absolute Gasteiger partial charge is 0.854 e. The Balaban J connectivity index is 0.00000256. The van der Waals surface area contributed by atoms with Crippen molar-refractivity contribution in [3.05, 3.63) is 30.3 Å². The predicted octanol–water partition coefficient (Wildman–Crippen LogP) is -0.196. The molecule has 0 amide bonds. The van der Waals surface area contributed by atoms with Crippen LogP contribution in [0.2, 0.25) is 10.1 Å². The van der Waals surface area contributed by atoms with Crippen molar-refractivity contribution < 1.29 is 56.2 Å². The largest absolute Gasteiger partial charge is 1.00 e. The van der Waals surface area contributed by atoms with Crippen molar-refractivity contribution >= 4 is 13.5 Å². The van der Waals surface area contributed by atoms with Crippen LogP contribution in [0.5, 0.6) is 0 Å². The van der Waals surface area contributed by atoms with Crippen LogP contribution in [-0.4, -0.2) is 8.32 Å². The molecule has 0 bridgehead atoms. The quantitative estimate of drug-likeness (QED) is 0.651. The van der Waals surface area contributed by atoms with Crippen LogP contribution in [0.25, 0.3) is 0 Å². The van der Waals surface area contributed by atoms with Gasteiger partial charge in [0.15, 0.2) is 0 Å². The van der Waals surface area contributed by atoms with Gasteiger partial charge in [0, 0.05) is 8.32 Å².